The van der Waals surface area contributed by atoms with Crippen LogP contribution in [0.25, 0.3) is 0 Å². The van der Waals surface area contributed by atoms with Crippen LogP contribution in [-0.4, -0.2) is 22.9 Å². The van der Waals surface area contributed by atoms with Crippen LogP contribution in [-0.2, 0) is 0 Å². The molecule has 2 heteroatoms. The minimum absolute atomic E-state index is 0.258. The summed E-state index contributed by atoms with van der Waals surface area (Å²) in [4.78, 5) is 0. The highest BCUT2D eigenvalue weighted by atomic mass is 16.3. The van der Waals surface area contributed by atoms with E-state index in [2.05, 4.69) is 5.92 Å². The van der Waals surface area contributed by atoms with E-state index in [1.165, 1.54) is 6.08 Å². The first-order chi connectivity index (χ1) is 5.22. The highest BCUT2D eigenvalue weighted by Gasteiger charge is 2.01. The molecule has 0 saturated carbocycles. The zero-order valence-electron chi connectivity index (χ0n) is 6.49. The Morgan fingerprint density at radius 1 is 1.73 bits per heavy atom. The average Bonchev–Trinajstić information content (AvgIpc) is 2.03. The van der Waals surface area contributed by atoms with Gasteiger partial charge in [0.1, 0.15) is 0 Å². The van der Waals surface area contributed by atoms with Crippen LogP contribution >= 0.6 is 0 Å². The number of hydrogen-bond donors (Lipinski definition) is 2. The minimum Gasteiger partial charge on any atom is -0.393 e. The van der Waals surface area contributed by atoms with E-state index in [1.807, 2.05) is 0 Å². The van der Waals surface area contributed by atoms with E-state index in [1.54, 1.807) is 19.1 Å². The molecular weight excluding hydrogens is 140 g/mol. The zero-order chi connectivity index (χ0) is 8.69. The molecule has 0 bridgehead atoms. The maximum Gasteiger partial charge on any atom is 0.0981 e. The molecule has 0 amide bonds. The van der Waals surface area contributed by atoms with Crippen LogP contribution in [0.4, 0.5) is 0 Å². The first-order valence-corrected chi connectivity index (χ1v) is 3.30. The quantitative estimate of drug-likeness (QED) is 0.456. The van der Waals surface area contributed by atoms with E-state index in [0.29, 0.717) is 5.57 Å². The van der Waals surface area contributed by atoms with Crippen LogP contribution in [0.3, 0.4) is 0 Å². The van der Waals surface area contributed by atoms with Crippen LogP contribution in [0.2, 0.25) is 0 Å². The normalized spacial score (nSPS) is 14.9. The minimum atomic E-state index is -0.780. The molecule has 0 radical (unpaired) electrons. The predicted molar refractivity (Wildman–Crippen MR) is 44.8 cm³/mol. The number of terminal acetylenes is 1. The van der Waals surface area contributed by atoms with Gasteiger partial charge in [0.15, 0.2) is 0 Å². The Morgan fingerprint density at radius 2 is 2.36 bits per heavy atom. The van der Waals surface area contributed by atoms with Gasteiger partial charge in [-0.1, -0.05) is 18.1 Å². The molecule has 2 N–H and O–H groups in total. The molecular formula is C9H12O2. The Labute approximate surface area is 66.9 Å². The fourth-order valence-corrected chi connectivity index (χ4v) is 0.511. The first-order valence-electron chi connectivity index (χ1n) is 3.30. The van der Waals surface area contributed by atoms with E-state index in [-0.39, 0.29) is 6.61 Å². The largest absolute Gasteiger partial charge is 0.393 e. The van der Waals surface area contributed by atoms with Gasteiger partial charge in [0, 0.05) is 0 Å². The summed E-state index contributed by atoms with van der Waals surface area (Å²) < 4.78 is 0. The van der Waals surface area contributed by atoms with Gasteiger partial charge in [-0.15, -0.1) is 6.42 Å². The lowest BCUT2D eigenvalue weighted by Crippen LogP contribution is -2.12. The molecule has 0 aromatic rings. The smallest absolute Gasteiger partial charge is 0.0981 e. The molecule has 0 aromatic carbocycles. The molecule has 0 aliphatic rings. The molecule has 0 saturated heterocycles. The van der Waals surface area contributed by atoms with E-state index in [0.717, 1.165) is 0 Å². The highest BCUT2D eigenvalue weighted by molar-refractivity contribution is 5.20. The maximum atomic E-state index is 9.02. The third-order valence-corrected chi connectivity index (χ3v) is 1.25. The van der Waals surface area contributed by atoms with E-state index >= 15 is 0 Å². The Hall–Kier alpha value is -1.04. The Balaban J connectivity index is 4.02. The van der Waals surface area contributed by atoms with Crippen molar-refractivity contribution >= 4 is 0 Å². The van der Waals surface area contributed by atoms with Gasteiger partial charge in [0.05, 0.1) is 12.7 Å². The summed E-state index contributed by atoms with van der Waals surface area (Å²) in [5.41, 5.74) is 0.694. The molecule has 0 heterocycles. The molecule has 0 aliphatic carbocycles. The van der Waals surface area contributed by atoms with Crippen LogP contribution in [0.5, 0.6) is 0 Å². The van der Waals surface area contributed by atoms with Crippen molar-refractivity contribution in [3.8, 4) is 12.3 Å². The van der Waals surface area contributed by atoms with Crippen molar-refractivity contribution in [1.82, 2.24) is 0 Å². The predicted octanol–water partition coefficient (Wildman–Crippen LogP) is 0.475. The Morgan fingerprint density at radius 3 is 2.82 bits per heavy atom. The molecule has 0 fully saturated rings. The van der Waals surface area contributed by atoms with Crippen LogP contribution < -0.4 is 0 Å². The van der Waals surface area contributed by atoms with Crippen molar-refractivity contribution in [2.75, 3.05) is 6.61 Å². The Bertz CT molecular complexity index is 196. The lowest BCUT2D eigenvalue weighted by atomic mass is 10.1. The average molecular weight is 152 g/mol. The summed E-state index contributed by atoms with van der Waals surface area (Å²) in [5.74, 6) is 2.31. The lowest BCUT2D eigenvalue weighted by molar-refractivity contribution is 0.122. The fraction of sp³-hybridized carbons (Fsp3) is 0.333. The summed E-state index contributed by atoms with van der Waals surface area (Å²) in [5, 5.41) is 17.5. The van der Waals surface area contributed by atoms with Gasteiger partial charge < -0.3 is 10.2 Å². The van der Waals surface area contributed by atoms with Gasteiger partial charge in [-0.3, -0.25) is 0 Å². The van der Waals surface area contributed by atoms with Gasteiger partial charge in [0.2, 0.25) is 0 Å². The zero-order valence-corrected chi connectivity index (χ0v) is 6.49. The fourth-order valence-electron chi connectivity index (χ4n) is 0.511. The van der Waals surface area contributed by atoms with Gasteiger partial charge in [-0.25, -0.2) is 0 Å². The monoisotopic (exact) mass is 152 g/mol. The van der Waals surface area contributed by atoms with Crippen LogP contribution in [0.15, 0.2) is 23.8 Å². The second-order valence-corrected chi connectivity index (χ2v) is 2.13. The van der Waals surface area contributed by atoms with Gasteiger partial charge >= 0.3 is 0 Å². The van der Waals surface area contributed by atoms with Crippen molar-refractivity contribution in [1.29, 1.82) is 0 Å². The summed E-state index contributed by atoms with van der Waals surface area (Å²) >= 11 is 0. The lowest BCUT2D eigenvalue weighted by Gasteiger charge is -2.04. The molecule has 1 atom stereocenters. The summed E-state index contributed by atoms with van der Waals surface area (Å²) in [7, 11) is 0. The number of aliphatic hydroxyl groups is 2. The second-order valence-electron chi connectivity index (χ2n) is 2.13. The van der Waals surface area contributed by atoms with Crippen molar-refractivity contribution in [2.45, 2.75) is 13.0 Å². The Kier molecular flexibility index (Phi) is 5.18. The first kappa shape index (κ1) is 9.96. The number of rotatable bonds is 3. The summed E-state index contributed by atoms with van der Waals surface area (Å²) in [6.45, 7) is 1.47. The summed E-state index contributed by atoms with van der Waals surface area (Å²) in [6.07, 6.45) is 9.00. The SMILES string of the molecule is C#C/C=C\C=C(/C)C(O)CO. The number of allylic oxidation sites excluding steroid dienone is 3. The molecule has 11 heavy (non-hydrogen) atoms. The molecule has 0 spiro atoms. The molecule has 1 unspecified atom stereocenters. The van der Waals surface area contributed by atoms with Crippen molar-refractivity contribution in [3.63, 3.8) is 0 Å². The number of aliphatic hydroxyl groups excluding tert-OH is 2. The molecule has 0 aliphatic heterocycles. The van der Waals surface area contributed by atoms with Gasteiger partial charge in [-0.05, 0) is 18.6 Å². The third kappa shape index (κ3) is 4.38. The topological polar surface area (TPSA) is 40.5 Å². The van der Waals surface area contributed by atoms with Gasteiger partial charge in [0.25, 0.3) is 0 Å². The van der Waals surface area contributed by atoms with E-state index < -0.39 is 6.10 Å². The van der Waals surface area contributed by atoms with E-state index in [4.69, 9.17) is 16.6 Å². The van der Waals surface area contributed by atoms with Crippen LogP contribution in [0.1, 0.15) is 6.92 Å². The second kappa shape index (κ2) is 5.72. The van der Waals surface area contributed by atoms with Gasteiger partial charge in [-0.2, -0.15) is 0 Å². The molecule has 0 aromatic heterocycles. The molecule has 2 nitrogen and oxygen atoms in total. The highest BCUT2D eigenvalue weighted by Crippen LogP contribution is 1.99. The van der Waals surface area contributed by atoms with E-state index in [9.17, 15) is 0 Å². The summed E-state index contributed by atoms with van der Waals surface area (Å²) in [6, 6.07) is 0. The van der Waals surface area contributed by atoms with Crippen molar-refractivity contribution in [3.05, 3.63) is 23.8 Å². The van der Waals surface area contributed by atoms with Crippen LogP contribution in [0, 0.1) is 12.3 Å². The van der Waals surface area contributed by atoms with Crippen molar-refractivity contribution in [2.24, 2.45) is 0 Å². The molecule has 0 rings (SSSR count). The van der Waals surface area contributed by atoms with Crippen molar-refractivity contribution < 1.29 is 10.2 Å². The third-order valence-electron chi connectivity index (χ3n) is 1.25. The number of hydrogen-bond acceptors (Lipinski definition) is 2. The standard InChI is InChI=1S/C9H12O2/c1-3-4-5-6-8(2)9(11)7-10/h1,4-6,9-11H,7H2,2H3/b5-4-,8-6+. The molecule has 60 valence electrons. The maximum absolute atomic E-state index is 9.02.